The summed E-state index contributed by atoms with van der Waals surface area (Å²) in [5.74, 6) is 0. The van der Waals surface area contributed by atoms with Crippen LogP contribution in [0.5, 0.6) is 0 Å². The van der Waals surface area contributed by atoms with E-state index in [0.29, 0.717) is 11.1 Å². The monoisotopic (exact) mass is 398 g/mol. The number of rotatable bonds is 20. The number of quaternary nitrogens is 1. The molecule has 0 saturated carbocycles. The SMILES string of the molecule is CCCCCCCCCCCCCCCCCCOC(=O)[N+](CC)(CC)CC. The highest BCUT2D eigenvalue weighted by Crippen LogP contribution is 2.14. The first-order valence-electron chi connectivity index (χ1n) is 12.7. The predicted octanol–water partition coefficient (Wildman–Crippen LogP) is 8.26. The lowest BCUT2D eigenvalue weighted by atomic mass is 10.0. The molecule has 0 N–H and O–H groups in total. The van der Waals surface area contributed by atoms with Crippen LogP contribution in [0, 0.1) is 0 Å². The van der Waals surface area contributed by atoms with Crippen molar-refractivity contribution in [2.45, 2.75) is 130 Å². The van der Waals surface area contributed by atoms with E-state index in [0.717, 1.165) is 26.1 Å². The van der Waals surface area contributed by atoms with Gasteiger partial charge in [0, 0.05) is 0 Å². The maximum atomic E-state index is 12.3. The van der Waals surface area contributed by atoms with E-state index >= 15 is 0 Å². The first-order valence-corrected chi connectivity index (χ1v) is 12.7. The normalized spacial score (nSPS) is 11.7. The van der Waals surface area contributed by atoms with Crippen LogP contribution < -0.4 is 0 Å². The zero-order valence-electron chi connectivity index (χ0n) is 19.9. The molecule has 0 atom stereocenters. The number of ether oxygens (including phenoxy) is 1. The summed E-state index contributed by atoms with van der Waals surface area (Å²) in [4.78, 5) is 12.3. The zero-order valence-corrected chi connectivity index (χ0v) is 19.9. The second-order valence-electron chi connectivity index (χ2n) is 8.51. The minimum absolute atomic E-state index is 0.0338. The molecule has 0 bridgehead atoms. The molecular formula is C25H52NO2+. The molecule has 0 aromatic heterocycles. The lowest BCUT2D eigenvalue weighted by Gasteiger charge is -2.30. The highest BCUT2D eigenvalue weighted by atomic mass is 16.6. The third kappa shape index (κ3) is 13.6. The van der Waals surface area contributed by atoms with Crippen LogP contribution in [0.2, 0.25) is 0 Å². The van der Waals surface area contributed by atoms with Crippen molar-refractivity contribution in [3.63, 3.8) is 0 Å². The van der Waals surface area contributed by atoms with Gasteiger partial charge in [0.25, 0.3) is 0 Å². The molecule has 0 saturated heterocycles. The Bertz CT molecular complexity index is 331. The highest BCUT2D eigenvalue weighted by Gasteiger charge is 2.33. The van der Waals surface area contributed by atoms with Crippen molar-refractivity contribution in [3.05, 3.63) is 0 Å². The molecule has 0 aliphatic rings. The molecule has 0 unspecified atom stereocenters. The molecule has 3 heteroatoms. The second-order valence-corrected chi connectivity index (χ2v) is 8.51. The van der Waals surface area contributed by atoms with Gasteiger partial charge in [-0.3, -0.25) is 0 Å². The fourth-order valence-corrected chi connectivity index (χ4v) is 4.00. The molecule has 0 fully saturated rings. The van der Waals surface area contributed by atoms with E-state index < -0.39 is 0 Å². The van der Waals surface area contributed by atoms with Crippen molar-refractivity contribution >= 4 is 6.09 Å². The summed E-state index contributed by atoms with van der Waals surface area (Å²) in [5, 5.41) is 0. The molecule has 0 spiro atoms. The largest absolute Gasteiger partial charge is 0.516 e. The fraction of sp³-hybridized carbons (Fsp3) is 0.960. The Morgan fingerprint density at radius 1 is 0.536 bits per heavy atom. The van der Waals surface area contributed by atoms with Gasteiger partial charge in [0.05, 0.1) is 26.2 Å². The van der Waals surface area contributed by atoms with E-state index in [1.807, 2.05) is 0 Å². The Labute approximate surface area is 177 Å². The lowest BCUT2D eigenvalue weighted by molar-refractivity contribution is -0.852. The van der Waals surface area contributed by atoms with Crippen LogP contribution in [0.4, 0.5) is 4.79 Å². The number of unbranched alkanes of at least 4 members (excludes halogenated alkanes) is 15. The van der Waals surface area contributed by atoms with Crippen LogP contribution in [0.15, 0.2) is 0 Å². The van der Waals surface area contributed by atoms with Crippen molar-refractivity contribution in [3.8, 4) is 0 Å². The average Bonchev–Trinajstić information content (AvgIpc) is 2.72. The second kappa shape index (κ2) is 19.7. The van der Waals surface area contributed by atoms with Gasteiger partial charge in [-0.05, 0) is 27.2 Å². The molecule has 0 heterocycles. The van der Waals surface area contributed by atoms with Gasteiger partial charge in [-0.25, -0.2) is 4.48 Å². The summed E-state index contributed by atoms with van der Waals surface area (Å²) in [6.45, 7) is 11.6. The van der Waals surface area contributed by atoms with Crippen LogP contribution in [0.25, 0.3) is 0 Å². The number of carbonyl (C=O) groups excluding carboxylic acids is 1. The van der Waals surface area contributed by atoms with Crippen LogP contribution >= 0.6 is 0 Å². The minimum atomic E-state index is -0.0338. The number of hydrogen-bond acceptors (Lipinski definition) is 2. The van der Waals surface area contributed by atoms with Gasteiger partial charge in [-0.1, -0.05) is 103 Å². The molecule has 0 aliphatic carbocycles. The Balaban J connectivity index is 3.33. The molecule has 0 radical (unpaired) electrons. The maximum absolute atomic E-state index is 12.3. The fourth-order valence-electron chi connectivity index (χ4n) is 4.00. The summed E-state index contributed by atoms with van der Waals surface area (Å²) in [5.41, 5.74) is 0. The lowest BCUT2D eigenvalue weighted by Crippen LogP contribution is -2.52. The van der Waals surface area contributed by atoms with Crippen molar-refractivity contribution in [2.75, 3.05) is 26.2 Å². The van der Waals surface area contributed by atoms with Crippen molar-refractivity contribution in [1.29, 1.82) is 0 Å². The van der Waals surface area contributed by atoms with E-state index in [2.05, 4.69) is 27.7 Å². The number of carbonyl (C=O) groups is 1. The number of nitrogens with zero attached hydrogens (tertiary/aromatic N) is 1. The predicted molar refractivity (Wildman–Crippen MR) is 123 cm³/mol. The third-order valence-corrected chi connectivity index (χ3v) is 6.43. The van der Waals surface area contributed by atoms with Crippen LogP contribution in [0.1, 0.15) is 130 Å². The Morgan fingerprint density at radius 2 is 0.857 bits per heavy atom. The number of amides is 1. The smallest absolute Gasteiger partial charge is 0.420 e. The van der Waals surface area contributed by atoms with Gasteiger partial charge >= 0.3 is 6.09 Å². The summed E-state index contributed by atoms with van der Waals surface area (Å²) >= 11 is 0. The van der Waals surface area contributed by atoms with Gasteiger partial charge in [0.2, 0.25) is 0 Å². The van der Waals surface area contributed by atoms with E-state index in [1.54, 1.807) is 0 Å². The molecular weight excluding hydrogens is 346 g/mol. The van der Waals surface area contributed by atoms with Crippen molar-refractivity contribution in [2.24, 2.45) is 0 Å². The van der Waals surface area contributed by atoms with Crippen LogP contribution in [0.3, 0.4) is 0 Å². The van der Waals surface area contributed by atoms with Gasteiger partial charge in [0.15, 0.2) is 0 Å². The quantitative estimate of drug-likeness (QED) is 0.152. The first-order chi connectivity index (χ1) is 13.7. The maximum Gasteiger partial charge on any atom is 0.516 e. The van der Waals surface area contributed by atoms with Crippen LogP contribution in [-0.4, -0.2) is 36.8 Å². The Kier molecular flexibility index (Phi) is 19.3. The van der Waals surface area contributed by atoms with E-state index in [1.165, 1.54) is 96.3 Å². The van der Waals surface area contributed by atoms with Crippen LogP contribution in [-0.2, 0) is 4.74 Å². The van der Waals surface area contributed by atoms with E-state index in [-0.39, 0.29) is 6.09 Å². The topological polar surface area (TPSA) is 26.3 Å². The molecule has 0 aromatic carbocycles. The van der Waals surface area contributed by atoms with Crippen molar-refractivity contribution < 1.29 is 14.0 Å². The third-order valence-electron chi connectivity index (χ3n) is 6.43. The molecule has 0 aliphatic heterocycles. The molecule has 0 aromatic rings. The molecule has 0 rings (SSSR count). The summed E-state index contributed by atoms with van der Waals surface area (Å²) in [6, 6.07) is 0. The van der Waals surface area contributed by atoms with E-state index in [9.17, 15) is 4.79 Å². The minimum Gasteiger partial charge on any atom is -0.420 e. The first kappa shape index (κ1) is 27.4. The Hall–Kier alpha value is -0.570. The standard InChI is InChI=1S/C25H52NO2/c1-5-9-10-11-12-13-14-15-16-17-18-19-20-21-22-23-24-28-25(27)26(6-2,7-3)8-4/h5-24H2,1-4H3/q+1. The van der Waals surface area contributed by atoms with Gasteiger partial charge in [-0.15, -0.1) is 0 Å². The van der Waals surface area contributed by atoms with Crippen molar-refractivity contribution in [1.82, 2.24) is 0 Å². The van der Waals surface area contributed by atoms with E-state index in [4.69, 9.17) is 4.74 Å². The summed E-state index contributed by atoms with van der Waals surface area (Å²) in [7, 11) is 0. The summed E-state index contributed by atoms with van der Waals surface area (Å²) < 4.78 is 5.99. The van der Waals surface area contributed by atoms with Gasteiger partial charge < -0.3 is 4.74 Å². The zero-order chi connectivity index (χ0) is 20.9. The molecule has 28 heavy (non-hydrogen) atoms. The number of hydrogen-bond donors (Lipinski definition) is 0. The Morgan fingerprint density at radius 3 is 1.18 bits per heavy atom. The molecule has 3 nitrogen and oxygen atoms in total. The molecule has 1 amide bonds. The van der Waals surface area contributed by atoms with Gasteiger partial charge in [-0.2, -0.15) is 4.79 Å². The average molecular weight is 399 g/mol. The molecule has 168 valence electrons. The van der Waals surface area contributed by atoms with Gasteiger partial charge in [0.1, 0.15) is 0 Å². The highest BCUT2D eigenvalue weighted by molar-refractivity contribution is 5.59. The summed E-state index contributed by atoms with van der Waals surface area (Å²) in [6.07, 6.45) is 21.8.